The number of sulfonamides is 1. The van der Waals surface area contributed by atoms with Crippen molar-refractivity contribution in [3.05, 3.63) is 58.1 Å². The summed E-state index contributed by atoms with van der Waals surface area (Å²) in [4.78, 5) is 0.240. The minimum atomic E-state index is -3.55. The first-order valence-corrected chi connectivity index (χ1v) is 12.5. The van der Waals surface area contributed by atoms with Crippen LogP contribution >= 0.6 is 35.0 Å². The minimum absolute atomic E-state index is 0.240. The Morgan fingerprint density at radius 1 is 1.03 bits per heavy atom. The molecule has 0 bridgehead atoms. The van der Waals surface area contributed by atoms with E-state index in [1.807, 2.05) is 31.5 Å². The third-order valence-electron chi connectivity index (χ3n) is 4.68. The van der Waals surface area contributed by atoms with Crippen LogP contribution in [0.3, 0.4) is 0 Å². The molecule has 10 heteroatoms. The Bertz CT molecular complexity index is 1130. The predicted molar refractivity (Wildman–Crippen MR) is 123 cm³/mol. The van der Waals surface area contributed by atoms with Crippen LogP contribution in [-0.4, -0.2) is 40.6 Å². The third-order valence-corrected chi connectivity index (χ3v) is 8.48. The standard InChI is InChI=1S/C20H22Cl2N4O2S2/c1-4-26(5-2)30(27,28)15-9-6-8-14(12-15)19-23-24-20(25(19)3)29-13-16-17(21)10-7-11-18(16)22/h6-12H,4-5,13H2,1-3H3. The molecule has 0 amide bonds. The number of hydrogen-bond donors (Lipinski definition) is 0. The van der Waals surface area contributed by atoms with E-state index in [9.17, 15) is 8.42 Å². The molecule has 0 saturated heterocycles. The van der Waals surface area contributed by atoms with Gasteiger partial charge in [0.2, 0.25) is 10.0 Å². The largest absolute Gasteiger partial charge is 0.305 e. The zero-order valence-electron chi connectivity index (χ0n) is 16.8. The predicted octanol–water partition coefficient (Wildman–Crippen LogP) is 5.11. The minimum Gasteiger partial charge on any atom is -0.305 e. The topological polar surface area (TPSA) is 68.1 Å². The lowest BCUT2D eigenvalue weighted by Gasteiger charge is -2.18. The van der Waals surface area contributed by atoms with Crippen molar-refractivity contribution in [3.63, 3.8) is 0 Å². The molecule has 0 saturated carbocycles. The second-order valence-corrected chi connectivity index (χ2v) is 10.2. The Kier molecular flexibility index (Phi) is 7.47. The maximum Gasteiger partial charge on any atom is 0.243 e. The summed E-state index contributed by atoms with van der Waals surface area (Å²) >= 11 is 13.9. The highest BCUT2D eigenvalue weighted by molar-refractivity contribution is 7.98. The highest BCUT2D eigenvalue weighted by Gasteiger charge is 2.23. The number of aromatic nitrogens is 3. The Balaban J connectivity index is 1.87. The highest BCUT2D eigenvalue weighted by Crippen LogP contribution is 2.32. The van der Waals surface area contributed by atoms with Gasteiger partial charge in [0.15, 0.2) is 11.0 Å². The fourth-order valence-corrected chi connectivity index (χ4v) is 6.16. The van der Waals surface area contributed by atoms with E-state index in [2.05, 4.69) is 10.2 Å². The van der Waals surface area contributed by atoms with E-state index < -0.39 is 10.0 Å². The first-order chi connectivity index (χ1) is 14.3. The Hall–Kier alpha value is -1.58. The maximum absolute atomic E-state index is 12.8. The van der Waals surface area contributed by atoms with Gasteiger partial charge >= 0.3 is 0 Å². The summed E-state index contributed by atoms with van der Waals surface area (Å²) in [5, 5.41) is 10.4. The van der Waals surface area contributed by atoms with Crippen molar-refractivity contribution in [1.82, 2.24) is 19.1 Å². The summed E-state index contributed by atoms with van der Waals surface area (Å²) in [7, 11) is -1.71. The molecule has 0 aliphatic carbocycles. The molecule has 3 aromatic rings. The van der Waals surface area contributed by atoms with Gasteiger partial charge in [0, 0.05) is 41.5 Å². The molecular weight excluding hydrogens is 463 g/mol. The van der Waals surface area contributed by atoms with Crippen molar-refractivity contribution in [1.29, 1.82) is 0 Å². The average molecular weight is 485 g/mol. The average Bonchev–Trinajstić information content (AvgIpc) is 3.09. The van der Waals surface area contributed by atoms with E-state index in [1.54, 1.807) is 36.4 Å². The van der Waals surface area contributed by atoms with Gasteiger partial charge in [0.1, 0.15) is 0 Å². The molecule has 3 rings (SSSR count). The van der Waals surface area contributed by atoms with Crippen LogP contribution in [-0.2, 0) is 22.8 Å². The van der Waals surface area contributed by atoms with Crippen molar-refractivity contribution in [2.45, 2.75) is 29.7 Å². The molecule has 30 heavy (non-hydrogen) atoms. The molecule has 0 spiro atoms. The number of nitrogens with zero attached hydrogens (tertiary/aromatic N) is 4. The molecule has 1 heterocycles. The van der Waals surface area contributed by atoms with Gasteiger partial charge in [0.05, 0.1) is 4.90 Å². The summed E-state index contributed by atoms with van der Waals surface area (Å²) < 4.78 is 29.0. The first-order valence-electron chi connectivity index (χ1n) is 9.35. The molecule has 0 N–H and O–H groups in total. The Morgan fingerprint density at radius 3 is 2.30 bits per heavy atom. The summed E-state index contributed by atoms with van der Waals surface area (Å²) in [5.41, 5.74) is 1.52. The van der Waals surface area contributed by atoms with E-state index in [4.69, 9.17) is 23.2 Å². The lowest BCUT2D eigenvalue weighted by molar-refractivity contribution is 0.445. The zero-order chi connectivity index (χ0) is 21.9. The molecular formula is C20H22Cl2N4O2S2. The summed E-state index contributed by atoms with van der Waals surface area (Å²) in [5.74, 6) is 1.13. The molecule has 0 radical (unpaired) electrons. The molecule has 0 fully saturated rings. The summed E-state index contributed by atoms with van der Waals surface area (Å²) in [6.07, 6.45) is 0. The highest BCUT2D eigenvalue weighted by atomic mass is 35.5. The monoisotopic (exact) mass is 484 g/mol. The van der Waals surface area contributed by atoms with Gasteiger partial charge in [-0.15, -0.1) is 10.2 Å². The zero-order valence-corrected chi connectivity index (χ0v) is 20.0. The van der Waals surface area contributed by atoms with E-state index in [0.717, 1.165) is 5.56 Å². The van der Waals surface area contributed by atoms with E-state index >= 15 is 0 Å². The van der Waals surface area contributed by atoms with Crippen LogP contribution in [0.5, 0.6) is 0 Å². The summed E-state index contributed by atoms with van der Waals surface area (Å²) in [6.45, 7) is 4.47. The quantitative estimate of drug-likeness (QED) is 0.415. The molecule has 6 nitrogen and oxygen atoms in total. The molecule has 1 aromatic heterocycles. The molecule has 0 atom stereocenters. The normalized spacial score (nSPS) is 11.9. The molecule has 160 valence electrons. The van der Waals surface area contributed by atoms with Gasteiger partial charge in [-0.25, -0.2) is 8.42 Å². The van der Waals surface area contributed by atoms with Crippen LogP contribution in [0.15, 0.2) is 52.5 Å². The van der Waals surface area contributed by atoms with Crippen molar-refractivity contribution in [2.24, 2.45) is 7.05 Å². The van der Waals surface area contributed by atoms with Gasteiger partial charge < -0.3 is 4.57 Å². The second kappa shape index (κ2) is 9.70. The van der Waals surface area contributed by atoms with Gasteiger partial charge in [-0.3, -0.25) is 0 Å². The van der Waals surface area contributed by atoms with Crippen LogP contribution in [0.4, 0.5) is 0 Å². The lowest BCUT2D eigenvalue weighted by Crippen LogP contribution is -2.30. The maximum atomic E-state index is 12.8. The van der Waals surface area contributed by atoms with Gasteiger partial charge in [-0.1, -0.05) is 67.0 Å². The molecule has 2 aromatic carbocycles. The van der Waals surface area contributed by atoms with Gasteiger partial charge in [0.25, 0.3) is 0 Å². The van der Waals surface area contributed by atoms with Crippen molar-refractivity contribution < 1.29 is 8.42 Å². The fraction of sp³-hybridized carbons (Fsp3) is 0.300. The van der Waals surface area contributed by atoms with Crippen LogP contribution in [0.2, 0.25) is 10.0 Å². The number of thioether (sulfide) groups is 1. The van der Waals surface area contributed by atoms with E-state index in [1.165, 1.54) is 16.1 Å². The van der Waals surface area contributed by atoms with Gasteiger partial charge in [-0.05, 0) is 29.8 Å². The number of rotatable bonds is 8. The van der Waals surface area contributed by atoms with Crippen LogP contribution in [0, 0.1) is 0 Å². The molecule has 0 unspecified atom stereocenters. The smallest absolute Gasteiger partial charge is 0.243 e. The lowest BCUT2D eigenvalue weighted by atomic mass is 10.2. The fourth-order valence-electron chi connectivity index (χ4n) is 3.01. The summed E-state index contributed by atoms with van der Waals surface area (Å²) in [6, 6.07) is 12.2. The SMILES string of the molecule is CCN(CC)S(=O)(=O)c1cccc(-c2nnc(SCc3c(Cl)cccc3Cl)n2C)c1. The van der Waals surface area contributed by atoms with E-state index in [0.29, 0.717) is 45.4 Å². The van der Waals surface area contributed by atoms with Crippen LogP contribution in [0.1, 0.15) is 19.4 Å². The van der Waals surface area contributed by atoms with Crippen molar-refractivity contribution in [3.8, 4) is 11.4 Å². The van der Waals surface area contributed by atoms with Crippen LogP contribution in [0.25, 0.3) is 11.4 Å². The van der Waals surface area contributed by atoms with Crippen LogP contribution < -0.4 is 0 Å². The number of hydrogen-bond acceptors (Lipinski definition) is 5. The van der Waals surface area contributed by atoms with Crippen molar-refractivity contribution >= 4 is 45.0 Å². The molecule has 0 aliphatic rings. The molecule has 0 aliphatic heterocycles. The van der Waals surface area contributed by atoms with Gasteiger partial charge in [-0.2, -0.15) is 4.31 Å². The Labute approximate surface area is 191 Å². The van der Waals surface area contributed by atoms with Crippen molar-refractivity contribution in [2.75, 3.05) is 13.1 Å². The second-order valence-electron chi connectivity index (χ2n) is 6.47. The van der Waals surface area contributed by atoms with E-state index in [-0.39, 0.29) is 4.90 Å². The first kappa shape index (κ1) is 23.1. The number of halogens is 2. The Morgan fingerprint density at radius 2 is 1.67 bits per heavy atom. The third kappa shape index (κ3) is 4.68. The number of benzene rings is 2.